The van der Waals surface area contributed by atoms with Gasteiger partial charge in [0.15, 0.2) is 17.5 Å². The number of amides is 1. The maximum Gasteiger partial charge on any atom is 0.226 e. The first kappa shape index (κ1) is 19.0. The van der Waals surface area contributed by atoms with Crippen molar-refractivity contribution < 1.29 is 18.0 Å². The van der Waals surface area contributed by atoms with Gasteiger partial charge in [0.05, 0.1) is 22.3 Å². The molecule has 0 fully saturated rings. The molecule has 6 nitrogen and oxygen atoms in total. The maximum atomic E-state index is 13.8. The zero-order chi connectivity index (χ0) is 20.4. The molecule has 0 bridgehead atoms. The van der Waals surface area contributed by atoms with E-state index in [4.69, 9.17) is 4.42 Å². The van der Waals surface area contributed by atoms with Gasteiger partial charge in [0.2, 0.25) is 5.91 Å². The van der Waals surface area contributed by atoms with Crippen LogP contribution in [0, 0.1) is 18.6 Å². The van der Waals surface area contributed by atoms with E-state index in [9.17, 15) is 13.6 Å². The van der Waals surface area contributed by atoms with Gasteiger partial charge in [0.25, 0.3) is 0 Å². The minimum Gasteiger partial charge on any atom is -0.441 e. The van der Waals surface area contributed by atoms with E-state index in [1.807, 2.05) is 19.1 Å². The van der Waals surface area contributed by atoms with Crippen LogP contribution in [0.15, 0.2) is 47.0 Å². The third-order valence-electron chi connectivity index (χ3n) is 4.17. The number of aryl methyl sites for hydroxylation is 2. The largest absolute Gasteiger partial charge is 0.441 e. The second-order valence-corrected chi connectivity index (χ2v) is 7.66. The van der Waals surface area contributed by atoms with E-state index in [0.717, 1.165) is 22.7 Å². The van der Waals surface area contributed by atoms with Gasteiger partial charge in [0.1, 0.15) is 11.6 Å². The molecular weight excluding hydrogens is 398 g/mol. The molecule has 9 heteroatoms. The second kappa shape index (κ2) is 7.96. The number of hydrogen-bond acceptors (Lipinski definition) is 5. The van der Waals surface area contributed by atoms with E-state index >= 15 is 0 Å². The van der Waals surface area contributed by atoms with Gasteiger partial charge < -0.3 is 9.73 Å². The lowest BCUT2D eigenvalue weighted by Gasteiger charge is -2.00. The van der Waals surface area contributed by atoms with Crippen LogP contribution in [0.2, 0.25) is 0 Å². The standard InChI is InChI=1S/C20H16F2N4O2S/c1-11-2-5-17(29-11)15-9-18(26-25-15)24-19(27)6-7-20-23-10-16(28-20)13-4-3-12(21)8-14(13)22/h2-5,8-10H,6-7H2,1H3,(H2,24,25,26,27). The summed E-state index contributed by atoms with van der Waals surface area (Å²) in [7, 11) is 0. The Bertz CT molecular complexity index is 1160. The van der Waals surface area contributed by atoms with Crippen LogP contribution in [0.25, 0.3) is 21.9 Å². The summed E-state index contributed by atoms with van der Waals surface area (Å²) in [6.07, 6.45) is 1.70. The molecule has 4 rings (SSSR count). The lowest BCUT2D eigenvalue weighted by Crippen LogP contribution is -2.12. The van der Waals surface area contributed by atoms with Crippen molar-refractivity contribution in [2.75, 3.05) is 5.32 Å². The summed E-state index contributed by atoms with van der Waals surface area (Å²) in [6.45, 7) is 2.02. The molecule has 0 unspecified atom stereocenters. The van der Waals surface area contributed by atoms with Crippen molar-refractivity contribution in [1.29, 1.82) is 0 Å². The number of nitrogens with zero attached hydrogens (tertiary/aromatic N) is 2. The Morgan fingerprint density at radius 1 is 1.24 bits per heavy atom. The zero-order valence-electron chi connectivity index (χ0n) is 15.3. The molecule has 0 spiro atoms. The highest BCUT2D eigenvalue weighted by Gasteiger charge is 2.14. The van der Waals surface area contributed by atoms with E-state index in [2.05, 4.69) is 20.5 Å². The summed E-state index contributed by atoms with van der Waals surface area (Å²) in [5, 5.41) is 9.71. The number of aromatic amines is 1. The first-order chi connectivity index (χ1) is 14.0. The number of benzene rings is 1. The number of anilines is 1. The molecule has 3 heterocycles. The fourth-order valence-corrected chi connectivity index (χ4v) is 3.59. The Kier molecular flexibility index (Phi) is 5.22. The molecule has 29 heavy (non-hydrogen) atoms. The lowest BCUT2D eigenvalue weighted by molar-refractivity contribution is -0.116. The van der Waals surface area contributed by atoms with E-state index in [-0.39, 0.29) is 36.0 Å². The molecular formula is C20H16F2N4O2S. The number of aromatic nitrogens is 3. The van der Waals surface area contributed by atoms with E-state index in [1.54, 1.807) is 17.4 Å². The van der Waals surface area contributed by atoms with Crippen LogP contribution in [0.4, 0.5) is 14.6 Å². The molecule has 1 amide bonds. The van der Waals surface area contributed by atoms with Crippen LogP contribution >= 0.6 is 11.3 Å². The lowest BCUT2D eigenvalue weighted by atomic mass is 10.2. The summed E-state index contributed by atoms with van der Waals surface area (Å²) in [5.74, 6) is -0.758. The Labute approximate surface area is 168 Å². The van der Waals surface area contributed by atoms with E-state index < -0.39 is 11.6 Å². The van der Waals surface area contributed by atoms with Crippen molar-refractivity contribution in [2.45, 2.75) is 19.8 Å². The number of rotatable bonds is 6. The SMILES string of the molecule is Cc1ccc(-c2cc(NC(=O)CCc3ncc(-c4ccc(F)cc4F)o3)n[nH]2)s1. The summed E-state index contributed by atoms with van der Waals surface area (Å²) in [4.78, 5) is 18.4. The van der Waals surface area contributed by atoms with Crippen molar-refractivity contribution in [3.63, 3.8) is 0 Å². The number of carbonyl (C=O) groups is 1. The number of oxazole rings is 1. The van der Waals surface area contributed by atoms with Crippen LogP contribution in [0.5, 0.6) is 0 Å². The maximum absolute atomic E-state index is 13.8. The molecule has 0 aliphatic carbocycles. The Hall–Kier alpha value is -3.33. The van der Waals surface area contributed by atoms with Gasteiger partial charge in [-0.15, -0.1) is 11.3 Å². The zero-order valence-corrected chi connectivity index (χ0v) is 16.1. The molecule has 0 aliphatic heterocycles. The van der Waals surface area contributed by atoms with Crippen LogP contribution in [-0.2, 0) is 11.2 Å². The Morgan fingerprint density at radius 3 is 2.86 bits per heavy atom. The molecule has 148 valence electrons. The molecule has 0 saturated heterocycles. The van der Waals surface area contributed by atoms with Gasteiger partial charge in [-0.1, -0.05) is 0 Å². The number of thiophene rings is 1. The van der Waals surface area contributed by atoms with Crippen molar-refractivity contribution in [3.8, 4) is 21.9 Å². The minimum absolute atomic E-state index is 0.113. The molecule has 0 aliphatic rings. The first-order valence-corrected chi connectivity index (χ1v) is 9.62. The summed E-state index contributed by atoms with van der Waals surface area (Å²) < 4.78 is 32.3. The summed E-state index contributed by atoms with van der Waals surface area (Å²) in [6, 6.07) is 8.98. The molecule has 0 atom stereocenters. The van der Waals surface area contributed by atoms with Gasteiger partial charge in [0, 0.05) is 29.9 Å². The summed E-state index contributed by atoms with van der Waals surface area (Å²) in [5.41, 5.74) is 0.944. The topological polar surface area (TPSA) is 83.8 Å². The molecule has 2 N–H and O–H groups in total. The van der Waals surface area contributed by atoms with Gasteiger partial charge in [-0.05, 0) is 31.2 Å². The van der Waals surface area contributed by atoms with Gasteiger partial charge in [-0.2, -0.15) is 5.10 Å². The molecule has 1 aromatic carbocycles. The number of halogens is 2. The van der Waals surface area contributed by atoms with Gasteiger partial charge in [-0.25, -0.2) is 13.8 Å². The molecule has 0 saturated carbocycles. The van der Waals surface area contributed by atoms with Crippen LogP contribution in [-0.4, -0.2) is 21.1 Å². The van der Waals surface area contributed by atoms with Gasteiger partial charge in [-0.3, -0.25) is 9.89 Å². The predicted octanol–water partition coefficient (Wildman–Crippen LogP) is 4.95. The van der Waals surface area contributed by atoms with Crippen molar-refractivity contribution in [3.05, 3.63) is 65.0 Å². The minimum atomic E-state index is -0.735. The first-order valence-electron chi connectivity index (χ1n) is 8.80. The number of carbonyl (C=O) groups excluding carboxylic acids is 1. The fraction of sp³-hybridized carbons (Fsp3) is 0.150. The molecule has 0 radical (unpaired) electrons. The average Bonchev–Trinajstić information content (AvgIpc) is 3.41. The van der Waals surface area contributed by atoms with Crippen LogP contribution in [0.3, 0.4) is 0 Å². The third kappa shape index (κ3) is 4.40. The number of hydrogen-bond donors (Lipinski definition) is 2. The molecule has 4 aromatic rings. The number of H-pyrrole nitrogens is 1. The normalized spacial score (nSPS) is 11.0. The highest BCUT2D eigenvalue weighted by molar-refractivity contribution is 7.15. The Balaban J connectivity index is 1.34. The fourth-order valence-electron chi connectivity index (χ4n) is 2.76. The van der Waals surface area contributed by atoms with E-state index in [0.29, 0.717) is 5.82 Å². The highest BCUT2D eigenvalue weighted by Crippen LogP contribution is 2.27. The predicted molar refractivity (Wildman–Crippen MR) is 105 cm³/mol. The smallest absolute Gasteiger partial charge is 0.226 e. The highest BCUT2D eigenvalue weighted by atomic mass is 32.1. The summed E-state index contributed by atoms with van der Waals surface area (Å²) >= 11 is 1.63. The van der Waals surface area contributed by atoms with Crippen LogP contribution in [0.1, 0.15) is 17.2 Å². The third-order valence-corrected chi connectivity index (χ3v) is 5.20. The number of nitrogens with one attached hydrogen (secondary N) is 2. The van der Waals surface area contributed by atoms with Gasteiger partial charge >= 0.3 is 0 Å². The van der Waals surface area contributed by atoms with Crippen molar-refractivity contribution >= 4 is 23.1 Å². The Morgan fingerprint density at radius 2 is 2.10 bits per heavy atom. The quantitative estimate of drug-likeness (QED) is 0.468. The van der Waals surface area contributed by atoms with Crippen molar-refractivity contribution in [1.82, 2.24) is 15.2 Å². The monoisotopic (exact) mass is 414 g/mol. The van der Waals surface area contributed by atoms with E-state index in [1.165, 1.54) is 17.1 Å². The average molecular weight is 414 g/mol. The van der Waals surface area contributed by atoms with Crippen molar-refractivity contribution in [2.24, 2.45) is 0 Å². The molecule has 3 aromatic heterocycles. The second-order valence-electron chi connectivity index (χ2n) is 6.37. The van der Waals surface area contributed by atoms with Crippen LogP contribution < -0.4 is 5.32 Å².